The lowest BCUT2D eigenvalue weighted by Gasteiger charge is -2.22. The van der Waals surface area contributed by atoms with Crippen LogP contribution in [-0.2, 0) is 11.2 Å². The van der Waals surface area contributed by atoms with E-state index in [1.165, 1.54) is 9.75 Å². The summed E-state index contributed by atoms with van der Waals surface area (Å²) in [5, 5.41) is 5.87. The predicted octanol–water partition coefficient (Wildman–Crippen LogP) is 2.30. The predicted molar refractivity (Wildman–Crippen MR) is 89.2 cm³/mol. The molecule has 1 aliphatic heterocycles. The van der Waals surface area contributed by atoms with E-state index in [4.69, 9.17) is 0 Å². The van der Waals surface area contributed by atoms with Crippen LogP contribution in [0.1, 0.15) is 36.4 Å². The molecule has 0 saturated carbocycles. The Kier molecular flexibility index (Phi) is 5.83. The second kappa shape index (κ2) is 7.63. The van der Waals surface area contributed by atoms with Crippen LogP contribution < -0.4 is 10.6 Å². The number of carbonyl (C=O) groups excluding carboxylic acids is 2. The van der Waals surface area contributed by atoms with Crippen molar-refractivity contribution in [1.29, 1.82) is 0 Å². The standard InChI is InChI=1S/C16H25N3O2S/c1-11(9-14-7-6-13(3)22-14)17-16(21)18-12(2)10-19-8-4-5-15(19)20/h6-7,11-12H,4-5,8-10H2,1-3H3,(H2,17,18,21)/t11-,12-/m0/s1. The van der Waals surface area contributed by atoms with Gasteiger partial charge in [0.25, 0.3) is 0 Å². The summed E-state index contributed by atoms with van der Waals surface area (Å²) in [6.07, 6.45) is 2.40. The van der Waals surface area contributed by atoms with Gasteiger partial charge in [-0.25, -0.2) is 4.79 Å². The molecule has 0 radical (unpaired) electrons. The molecule has 2 N–H and O–H groups in total. The van der Waals surface area contributed by atoms with Gasteiger partial charge in [0.15, 0.2) is 0 Å². The molecule has 1 aliphatic rings. The van der Waals surface area contributed by atoms with Crippen molar-refractivity contribution in [2.24, 2.45) is 0 Å². The Morgan fingerprint density at radius 3 is 2.64 bits per heavy atom. The minimum atomic E-state index is -0.167. The van der Waals surface area contributed by atoms with Crippen molar-refractivity contribution >= 4 is 23.3 Å². The van der Waals surface area contributed by atoms with Crippen LogP contribution in [0.3, 0.4) is 0 Å². The molecule has 0 bridgehead atoms. The fraction of sp³-hybridized carbons (Fsp3) is 0.625. The lowest BCUT2D eigenvalue weighted by molar-refractivity contribution is -0.127. The maximum atomic E-state index is 12.0. The molecule has 0 aliphatic carbocycles. The number of rotatable bonds is 6. The van der Waals surface area contributed by atoms with Crippen LogP contribution in [0.15, 0.2) is 12.1 Å². The quantitative estimate of drug-likeness (QED) is 0.844. The van der Waals surface area contributed by atoms with Crippen molar-refractivity contribution < 1.29 is 9.59 Å². The highest BCUT2D eigenvalue weighted by Gasteiger charge is 2.22. The van der Waals surface area contributed by atoms with E-state index in [2.05, 4.69) is 29.7 Å². The molecule has 22 heavy (non-hydrogen) atoms. The number of hydrogen-bond donors (Lipinski definition) is 2. The van der Waals surface area contributed by atoms with Gasteiger partial charge in [-0.05, 0) is 39.3 Å². The number of aryl methyl sites for hydroxylation is 1. The summed E-state index contributed by atoms with van der Waals surface area (Å²) in [5.41, 5.74) is 0. The summed E-state index contributed by atoms with van der Waals surface area (Å²) in [7, 11) is 0. The number of carbonyl (C=O) groups is 2. The molecule has 1 saturated heterocycles. The molecule has 3 amide bonds. The number of nitrogens with one attached hydrogen (secondary N) is 2. The fourth-order valence-corrected chi connectivity index (χ4v) is 3.73. The lowest BCUT2D eigenvalue weighted by Crippen LogP contribution is -2.48. The third-order valence-corrected chi connectivity index (χ3v) is 4.75. The molecular weight excluding hydrogens is 298 g/mol. The summed E-state index contributed by atoms with van der Waals surface area (Å²) >= 11 is 1.76. The van der Waals surface area contributed by atoms with E-state index in [1.807, 2.05) is 18.7 Å². The van der Waals surface area contributed by atoms with Gasteiger partial charge < -0.3 is 15.5 Å². The highest BCUT2D eigenvalue weighted by Crippen LogP contribution is 2.16. The van der Waals surface area contributed by atoms with Crippen LogP contribution in [0.4, 0.5) is 4.79 Å². The smallest absolute Gasteiger partial charge is 0.315 e. The van der Waals surface area contributed by atoms with Crippen LogP contribution in [-0.4, -0.2) is 42.0 Å². The van der Waals surface area contributed by atoms with Crippen molar-refractivity contribution in [2.45, 2.75) is 52.1 Å². The SMILES string of the molecule is Cc1ccc(C[C@H](C)NC(=O)N[C@@H](C)CN2CCCC2=O)s1. The van der Waals surface area contributed by atoms with Crippen LogP contribution in [0.2, 0.25) is 0 Å². The Morgan fingerprint density at radius 2 is 2.05 bits per heavy atom. The third kappa shape index (κ3) is 5.02. The maximum absolute atomic E-state index is 12.0. The zero-order valence-electron chi connectivity index (χ0n) is 13.5. The largest absolute Gasteiger partial charge is 0.341 e. The van der Waals surface area contributed by atoms with E-state index in [9.17, 15) is 9.59 Å². The topological polar surface area (TPSA) is 61.4 Å². The number of urea groups is 1. The molecule has 6 heteroatoms. The Bertz CT molecular complexity index is 529. The van der Waals surface area contributed by atoms with Gasteiger partial charge in [-0.1, -0.05) is 0 Å². The zero-order valence-corrected chi connectivity index (χ0v) is 14.3. The van der Waals surface area contributed by atoms with Crippen molar-refractivity contribution in [1.82, 2.24) is 15.5 Å². The van der Waals surface area contributed by atoms with Crippen LogP contribution >= 0.6 is 11.3 Å². The zero-order chi connectivity index (χ0) is 16.1. The number of nitrogens with zero attached hydrogens (tertiary/aromatic N) is 1. The monoisotopic (exact) mass is 323 g/mol. The molecule has 0 aromatic carbocycles. The molecule has 1 aromatic heterocycles. The van der Waals surface area contributed by atoms with E-state index >= 15 is 0 Å². The molecule has 0 unspecified atom stereocenters. The van der Waals surface area contributed by atoms with Crippen molar-refractivity contribution in [2.75, 3.05) is 13.1 Å². The Hall–Kier alpha value is -1.56. The molecule has 0 spiro atoms. The number of hydrogen-bond acceptors (Lipinski definition) is 3. The molecule has 2 atom stereocenters. The molecular formula is C16H25N3O2S. The first-order valence-electron chi connectivity index (χ1n) is 7.84. The third-order valence-electron chi connectivity index (χ3n) is 3.72. The van der Waals surface area contributed by atoms with Crippen LogP contribution in [0, 0.1) is 6.92 Å². The maximum Gasteiger partial charge on any atom is 0.315 e. The van der Waals surface area contributed by atoms with Crippen molar-refractivity contribution in [3.05, 3.63) is 21.9 Å². The first-order chi connectivity index (χ1) is 10.4. The molecule has 5 nitrogen and oxygen atoms in total. The summed E-state index contributed by atoms with van der Waals surface area (Å²) in [4.78, 5) is 28.0. The summed E-state index contributed by atoms with van der Waals surface area (Å²) in [6.45, 7) is 7.41. The van der Waals surface area contributed by atoms with E-state index in [1.54, 1.807) is 11.3 Å². The molecule has 122 valence electrons. The average molecular weight is 323 g/mol. The minimum absolute atomic E-state index is 0.0433. The Morgan fingerprint density at radius 1 is 1.32 bits per heavy atom. The molecule has 1 aromatic rings. The highest BCUT2D eigenvalue weighted by atomic mass is 32.1. The summed E-state index contributed by atoms with van der Waals surface area (Å²) in [5.74, 6) is 0.190. The van der Waals surface area contributed by atoms with E-state index < -0.39 is 0 Å². The van der Waals surface area contributed by atoms with Gasteiger partial charge in [-0.3, -0.25) is 4.79 Å². The van der Waals surface area contributed by atoms with E-state index in [0.29, 0.717) is 13.0 Å². The minimum Gasteiger partial charge on any atom is -0.341 e. The Balaban J connectivity index is 1.71. The highest BCUT2D eigenvalue weighted by molar-refractivity contribution is 7.11. The van der Waals surface area contributed by atoms with Gasteiger partial charge in [0.05, 0.1) is 0 Å². The van der Waals surface area contributed by atoms with Gasteiger partial charge >= 0.3 is 6.03 Å². The second-order valence-electron chi connectivity index (χ2n) is 6.08. The van der Waals surface area contributed by atoms with E-state index in [0.717, 1.165) is 19.4 Å². The first kappa shape index (κ1) is 16.8. The van der Waals surface area contributed by atoms with Crippen LogP contribution in [0.5, 0.6) is 0 Å². The van der Waals surface area contributed by atoms with Crippen LogP contribution in [0.25, 0.3) is 0 Å². The normalized spacial score (nSPS) is 17.4. The molecule has 2 rings (SSSR count). The first-order valence-corrected chi connectivity index (χ1v) is 8.66. The van der Waals surface area contributed by atoms with E-state index in [-0.39, 0.29) is 24.0 Å². The van der Waals surface area contributed by atoms with Crippen molar-refractivity contribution in [3.63, 3.8) is 0 Å². The van der Waals surface area contributed by atoms with Crippen molar-refractivity contribution in [3.8, 4) is 0 Å². The molecule has 2 heterocycles. The molecule has 1 fully saturated rings. The number of amides is 3. The fourth-order valence-electron chi connectivity index (χ4n) is 2.71. The van der Waals surface area contributed by atoms with Gasteiger partial charge in [0.1, 0.15) is 0 Å². The Labute approximate surface area is 136 Å². The number of thiophene rings is 1. The van der Waals surface area contributed by atoms with Gasteiger partial charge in [-0.2, -0.15) is 0 Å². The summed E-state index contributed by atoms with van der Waals surface area (Å²) < 4.78 is 0. The second-order valence-corrected chi connectivity index (χ2v) is 7.45. The van der Waals surface area contributed by atoms with Gasteiger partial charge in [-0.15, -0.1) is 11.3 Å². The summed E-state index contributed by atoms with van der Waals surface area (Å²) in [6, 6.07) is 4.08. The average Bonchev–Trinajstić information content (AvgIpc) is 2.98. The lowest BCUT2D eigenvalue weighted by atomic mass is 10.2. The van der Waals surface area contributed by atoms with Gasteiger partial charge in [0.2, 0.25) is 5.91 Å². The number of likely N-dealkylation sites (tertiary alicyclic amines) is 1. The van der Waals surface area contributed by atoms with Gasteiger partial charge in [0, 0.05) is 47.8 Å².